The van der Waals surface area contributed by atoms with Gasteiger partial charge in [0.15, 0.2) is 0 Å². The van der Waals surface area contributed by atoms with Gasteiger partial charge in [-0.2, -0.15) is 0 Å². The number of para-hydroxylation sites is 2. The molecule has 6 N–H and O–H groups in total. The number of hydrogen-bond donors (Lipinski definition) is 4. The highest BCUT2D eigenvalue weighted by Gasteiger charge is 2.22. The van der Waals surface area contributed by atoms with Crippen LogP contribution in [0.1, 0.15) is 46.9 Å². The maximum atomic E-state index is 12.5. The molecule has 0 radical (unpaired) electrons. The molecule has 0 bridgehead atoms. The number of anilines is 2. The van der Waals surface area contributed by atoms with E-state index in [9.17, 15) is 19.2 Å². The van der Waals surface area contributed by atoms with Crippen LogP contribution in [0.15, 0.2) is 48.5 Å². The standard InChI is InChI=1S/C24H30N4O6/c1-2-13-34-24(32)20(28-19-11-6-4-9-17(19)23(26)31)12-7-14-33-21(29)15-27-18-10-5-3-8-16(18)22(25)30/h3-6,8-11,20,27-28H,2,7,12-15H2,1H3,(H2,25,30)(H2,26,31). The van der Waals surface area contributed by atoms with Gasteiger partial charge in [-0.25, -0.2) is 4.79 Å². The van der Waals surface area contributed by atoms with E-state index in [0.29, 0.717) is 30.6 Å². The van der Waals surface area contributed by atoms with Crippen LogP contribution in [0.5, 0.6) is 0 Å². The zero-order chi connectivity index (χ0) is 24.9. The van der Waals surface area contributed by atoms with Gasteiger partial charge in [0, 0.05) is 11.4 Å². The first-order valence-corrected chi connectivity index (χ1v) is 10.9. The summed E-state index contributed by atoms with van der Waals surface area (Å²) >= 11 is 0. The highest BCUT2D eigenvalue weighted by Crippen LogP contribution is 2.18. The van der Waals surface area contributed by atoms with E-state index in [1.807, 2.05) is 6.92 Å². The molecule has 0 aliphatic carbocycles. The minimum Gasteiger partial charge on any atom is -0.464 e. The Morgan fingerprint density at radius 2 is 1.44 bits per heavy atom. The molecule has 2 rings (SSSR count). The number of rotatable bonds is 14. The topological polar surface area (TPSA) is 163 Å². The number of nitrogens with two attached hydrogens (primary N) is 2. The summed E-state index contributed by atoms with van der Waals surface area (Å²) in [4.78, 5) is 47.7. The van der Waals surface area contributed by atoms with E-state index >= 15 is 0 Å². The molecule has 10 nitrogen and oxygen atoms in total. The highest BCUT2D eigenvalue weighted by molar-refractivity contribution is 5.99. The molecule has 2 aromatic carbocycles. The summed E-state index contributed by atoms with van der Waals surface area (Å²) in [5, 5.41) is 5.85. The first-order chi connectivity index (χ1) is 16.3. The maximum Gasteiger partial charge on any atom is 0.328 e. The van der Waals surface area contributed by atoms with Crippen molar-refractivity contribution < 1.29 is 28.7 Å². The second-order valence-electron chi connectivity index (χ2n) is 7.40. The number of benzene rings is 2. The summed E-state index contributed by atoms with van der Waals surface area (Å²) in [7, 11) is 0. The van der Waals surface area contributed by atoms with Crippen LogP contribution in [0.3, 0.4) is 0 Å². The monoisotopic (exact) mass is 470 g/mol. The molecular weight excluding hydrogens is 440 g/mol. The van der Waals surface area contributed by atoms with Crippen LogP contribution in [-0.2, 0) is 19.1 Å². The van der Waals surface area contributed by atoms with E-state index < -0.39 is 29.8 Å². The Morgan fingerprint density at radius 1 is 0.853 bits per heavy atom. The van der Waals surface area contributed by atoms with Gasteiger partial charge in [0.05, 0.1) is 24.3 Å². The lowest BCUT2D eigenvalue weighted by Gasteiger charge is -2.20. The molecular formula is C24H30N4O6. The second-order valence-corrected chi connectivity index (χ2v) is 7.40. The van der Waals surface area contributed by atoms with E-state index in [1.165, 1.54) is 0 Å². The van der Waals surface area contributed by atoms with Gasteiger partial charge in [-0.15, -0.1) is 0 Å². The van der Waals surface area contributed by atoms with Crippen molar-refractivity contribution in [3.05, 3.63) is 59.7 Å². The normalized spacial score (nSPS) is 11.2. The van der Waals surface area contributed by atoms with E-state index in [0.717, 1.165) is 0 Å². The third-order valence-corrected chi connectivity index (χ3v) is 4.77. The molecule has 2 aromatic rings. The van der Waals surface area contributed by atoms with Crippen molar-refractivity contribution in [2.24, 2.45) is 11.5 Å². The van der Waals surface area contributed by atoms with Crippen molar-refractivity contribution >= 4 is 35.1 Å². The maximum absolute atomic E-state index is 12.5. The van der Waals surface area contributed by atoms with Gasteiger partial charge in [0.25, 0.3) is 11.8 Å². The summed E-state index contributed by atoms with van der Waals surface area (Å²) < 4.78 is 10.5. The van der Waals surface area contributed by atoms with Crippen LogP contribution in [0.25, 0.3) is 0 Å². The van der Waals surface area contributed by atoms with Gasteiger partial charge in [-0.1, -0.05) is 31.2 Å². The lowest BCUT2D eigenvalue weighted by molar-refractivity contribution is -0.144. The first kappa shape index (κ1) is 26.2. The fraction of sp³-hybridized carbons (Fsp3) is 0.333. The molecule has 0 aliphatic rings. The Morgan fingerprint density at radius 3 is 2.06 bits per heavy atom. The molecule has 0 aliphatic heterocycles. The van der Waals surface area contributed by atoms with Crippen LogP contribution in [0, 0.1) is 0 Å². The number of amides is 2. The lowest BCUT2D eigenvalue weighted by atomic mass is 10.1. The van der Waals surface area contributed by atoms with Gasteiger partial charge < -0.3 is 31.6 Å². The smallest absolute Gasteiger partial charge is 0.328 e. The van der Waals surface area contributed by atoms with Crippen molar-refractivity contribution in [3.8, 4) is 0 Å². The van der Waals surface area contributed by atoms with Gasteiger partial charge in [-0.3, -0.25) is 14.4 Å². The first-order valence-electron chi connectivity index (χ1n) is 10.9. The van der Waals surface area contributed by atoms with Crippen molar-refractivity contribution in [1.29, 1.82) is 0 Å². The Balaban J connectivity index is 1.89. The second kappa shape index (κ2) is 13.5. The minimum absolute atomic E-state index is 0.0642. The van der Waals surface area contributed by atoms with Crippen molar-refractivity contribution in [3.63, 3.8) is 0 Å². The predicted molar refractivity (Wildman–Crippen MR) is 127 cm³/mol. The molecule has 34 heavy (non-hydrogen) atoms. The van der Waals surface area contributed by atoms with Crippen LogP contribution >= 0.6 is 0 Å². The molecule has 10 heteroatoms. The zero-order valence-corrected chi connectivity index (χ0v) is 19.0. The summed E-state index contributed by atoms with van der Waals surface area (Å²) in [5.41, 5.74) is 12.1. The van der Waals surface area contributed by atoms with Crippen molar-refractivity contribution in [2.45, 2.75) is 32.2 Å². The zero-order valence-electron chi connectivity index (χ0n) is 19.0. The molecule has 182 valence electrons. The number of primary amides is 2. The summed E-state index contributed by atoms with van der Waals surface area (Å²) in [6.07, 6.45) is 1.32. The Kier molecular flexibility index (Phi) is 10.4. The molecule has 0 fully saturated rings. The largest absolute Gasteiger partial charge is 0.464 e. The van der Waals surface area contributed by atoms with Crippen LogP contribution < -0.4 is 22.1 Å². The average Bonchev–Trinajstić information content (AvgIpc) is 2.83. The predicted octanol–water partition coefficient (Wildman–Crippen LogP) is 2.05. The Hall–Kier alpha value is -4.08. The molecule has 1 atom stereocenters. The SMILES string of the molecule is CCCOC(=O)C(CCCOC(=O)CNc1ccccc1C(N)=O)Nc1ccccc1C(N)=O. The third kappa shape index (κ3) is 8.12. The highest BCUT2D eigenvalue weighted by atomic mass is 16.5. The fourth-order valence-corrected chi connectivity index (χ4v) is 3.11. The van der Waals surface area contributed by atoms with E-state index in [4.69, 9.17) is 20.9 Å². The molecule has 2 amide bonds. The van der Waals surface area contributed by atoms with Gasteiger partial charge in [0.2, 0.25) is 0 Å². The minimum atomic E-state index is -0.758. The Labute approximate surface area is 198 Å². The van der Waals surface area contributed by atoms with Gasteiger partial charge >= 0.3 is 11.9 Å². The molecule has 0 spiro atoms. The molecule has 0 saturated carbocycles. The molecule has 1 unspecified atom stereocenters. The lowest BCUT2D eigenvalue weighted by Crippen LogP contribution is -2.33. The van der Waals surface area contributed by atoms with Crippen molar-refractivity contribution in [2.75, 3.05) is 30.4 Å². The molecule has 0 aromatic heterocycles. The average molecular weight is 471 g/mol. The Bertz CT molecular complexity index is 1010. The number of hydrogen-bond acceptors (Lipinski definition) is 8. The molecule has 0 saturated heterocycles. The summed E-state index contributed by atoms with van der Waals surface area (Å²) in [6.45, 7) is 2.06. The number of carbonyl (C=O) groups is 4. The number of carbonyl (C=O) groups excluding carboxylic acids is 4. The number of ether oxygens (including phenoxy) is 2. The molecule has 0 heterocycles. The van der Waals surface area contributed by atoms with Crippen molar-refractivity contribution in [1.82, 2.24) is 0 Å². The number of esters is 2. The van der Waals surface area contributed by atoms with E-state index in [2.05, 4.69) is 10.6 Å². The van der Waals surface area contributed by atoms with E-state index in [1.54, 1.807) is 48.5 Å². The van der Waals surface area contributed by atoms with Gasteiger partial charge in [-0.05, 0) is 43.5 Å². The summed E-state index contributed by atoms with van der Waals surface area (Å²) in [6, 6.07) is 12.4. The fourth-order valence-electron chi connectivity index (χ4n) is 3.11. The van der Waals surface area contributed by atoms with Gasteiger partial charge in [0.1, 0.15) is 12.6 Å². The summed E-state index contributed by atoms with van der Waals surface area (Å²) in [5.74, 6) is -2.24. The van der Waals surface area contributed by atoms with Crippen LogP contribution in [-0.4, -0.2) is 49.6 Å². The third-order valence-electron chi connectivity index (χ3n) is 4.77. The van der Waals surface area contributed by atoms with Crippen LogP contribution in [0.2, 0.25) is 0 Å². The van der Waals surface area contributed by atoms with Crippen LogP contribution in [0.4, 0.5) is 11.4 Å². The number of nitrogens with one attached hydrogen (secondary N) is 2. The quantitative estimate of drug-likeness (QED) is 0.241. The van der Waals surface area contributed by atoms with E-state index in [-0.39, 0.29) is 30.9 Å².